The number of nitrogens with one attached hydrogen (secondary N) is 2. The monoisotopic (exact) mass is 386 g/mol. The summed E-state index contributed by atoms with van der Waals surface area (Å²) in [6, 6.07) is 16.4. The van der Waals surface area contributed by atoms with Crippen LogP contribution in [0.15, 0.2) is 48.5 Å². The lowest BCUT2D eigenvalue weighted by Gasteiger charge is -2.34. The SMILES string of the molecule is COc1ccc(CNC(=S)N2CC[NH+](Cc3ccc(OC)cc3)CC2)cc1. The van der Waals surface area contributed by atoms with Crippen molar-refractivity contribution < 1.29 is 14.4 Å². The van der Waals surface area contributed by atoms with Crippen LogP contribution in [0.1, 0.15) is 11.1 Å². The highest BCUT2D eigenvalue weighted by Crippen LogP contribution is 2.11. The van der Waals surface area contributed by atoms with Gasteiger partial charge in [0, 0.05) is 12.1 Å². The Bertz CT molecular complexity index is 726. The van der Waals surface area contributed by atoms with Gasteiger partial charge in [0.1, 0.15) is 18.0 Å². The average Bonchev–Trinajstić information content (AvgIpc) is 2.73. The fraction of sp³-hybridized carbons (Fsp3) is 0.381. The summed E-state index contributed by atoms with van der Waals surface area (Å²) in [5, 5.41) is 4.22. The van der Waals surface area contributed by atoms with Crippen LogP contribution in [0.2, 0.25) is 0 Å². The summed E-state index contributed by atoms with van der Waals surface area (Å²) in [5.41, 5.74) is 2.54. The number of nitrogens with zero attached hydrogens (tertiary/aromatic N) is 1. The minimum Gasteiger partial charge on any atom is -0.497 e. The second-order valence-corrected chi connectivity index (χ2v) is 7.16. The zero-order valence-corrected chi connectivity index (χ0v) is 16.8. The summed E-state index contributed by atoms with van der Waals surface area (Å²) in [7, 11) is 3.38. The number of benzene rings is 2. The molecule has 1 fully saturated rings. The molecule has 2 N–H and O–H groups in total. The normalized spacial score (nSPS) is 14.7. The number of methoxy groups -OCH3 is 2. The number of rotatable bonds is 6. The lowest BCUT2D eigenvalue weighted by molar-refractivity contribution is -0.917. The highest BCUT2D eigenvalue weighted by Gasteiger charge is 2.21. The van der Waals surface area contributed by atoms with Crippen molar-refractivity contribution in [3.8, 4) is 11.5 Å². The molecule has 0 aromatic heterocycles. The van der Waals surface area contributed by atoms with E-state index in [4.69, 9.17) is 21.7 Å². The maximum Gasteiger partial charge on any atom is 0.169 e. The Morgan fingerprint density at radius 2 is 1.44 bits per heavy atom. The van der Waals surface area contributed by atoms with Crippen LogP contribution >= 0.6 is 12.2 Å². The molecule has 2 aromatic rings. The van der Waals surface area contributed by atoms with E-state index in [1.807, 2.05) is 24.3 Å². The smallest absolute Gasteiger partial charge is 0.169 e. The van der Waals surface area contributed by atoms with Gasteiger partial charge in [-0.2, -0.15) is 0 Å². The van der Waals surface area contributed by atoms with Crippen molar-refractivity contribution in [2.75, 3.05) is 40.4 Å². The summed E-state index contributed by atoms with van der Waals surface area (Å²) in [6.07, 6.45) is 0. The summed E-state index contributed by atoms with van der Waals surface area (Å²) in [4.78, 5) is 3.87. The zero-order valence-electron chi connectivity index (χ0n) is 16.0. The predicted octanol–water partition coefficient (Wildman–Crippen LogP) is 1.48. The Hall–Kier alpha value is -2.31. The molecule has 27 heavy (non-hydrogen) atoms. The van der Waals surface area contributed by atoms with E-state index in [-0.39, 0.29) is 0 Å². The van der Waals surface area contributed by atoms with Gasteiger partial charge in [0.25, 0.3) is 0 Å². The third-order valence-corrected chi connectivity index (χ3v) is 5.38. The van der Waals surface area contributed by atoms with Crippen molar-refractivity contribution in [2.24, 2.45) is 0 Å². The van der Waals surface area contributed by atoms with Crippen molar-refractivity contribution in [2.45, 2.75) is 13.1 Å². The molecule has 2 aromatic carbocycles. The lowest BCUT2D eigenvalue weighted by atomic mass is 10.2. The van der Waals surface area contributed by atoms with E-state index < -0.39 is 0 Å². The molecule has 144 valence electrons. The zero-order chi connectivity index (χ0) is 19.1. The Morgan fingerprint density at radius 1 is 0.926 bits per heavy atom. The van der Waals surface area contributed by atoms with Crippen molar-refractivity contribution in [1.29, 1.82) is 0 Å². The molecule has 3 rings (SSSR count). The van der Waals surface area contributed by atoms with Gasteiger partial charge in [-0.3, -0.25) is 0 Å². The molecule has 0 amide bonds. The maximum absolute atomic E-state index is 5.58. The third-order valence-electron chi connectivity index (χ3n) is 4.97. The Morgan fingerprint density at radius 3 is 1.96 bits per heavy atom. The van der Waals surface area contributed by atoms with E-state index in [1.165, 1.54) is 11.1 Å². The molecule has 0 unspecified atom stereocenters. The molecular formula is C21H28N3O2S+. The quantitative estimate of drug-likeness (QED) is 0.736. The van der Waals surface area contributed by atoms with E-state index in [0.717, 1.165) is 55.9 Å². The van der Waals surface area contributed by atoms with Crippen LogP contribution in [0, 0.1) is 0 Å². The van der Waals surface area contributed by atoms with Crippen LogP contribution < -0.4 is 19.7 Å². The van der Waals surface area contributed by atoms with Gasteiger partial charge in [0.15, 0.2) is 5.11 Å². The number of hydrogen-bond donors (Lipinski definition) is 2. The van der Waals surface area contributed by atoms with Crippen molar-refractivity contribution in [1.82, 2.24) is 10.2 Å². The molecule has 0 spiro atoms. The highest BCUT2D eigenvalue weighted by atomic mass is 32.1. The molecule has 0 saturated carbocycles. The van der Waals surface area contributed by atoms with Crippen LogP contribution in [-0.4, -0.2) is 50.4 Å². The van der Waals surface area contributed by atoms with Crippen LogP contribution in [0.3, 0.4) is 0 Å². The first-order valence-corrected chi connectivity index (χ1v) is 9.71. The largest absolute Gasteiger partial charge is 0.497 e. The molecular weight excluding hydrogens is 358 g/mol. The number of quaternary nitrogens is 1. The fourth-order valence-corrected chi connectivity index (χ4v) is 3.52. The fourth-order valence-electron chi connectivity index (χ4n) is 3.27. The molecule has 1 heterocycles. The Kier molecular flexibility index (Phi) is 6.90. The van der Waals surface area contributed by atoms with Crippen molar-refractivity contribution >= 4 is 17.3 Å². The minimum atomic E-state index is 0.738. The molecule has 0 aliphatic carbocycles. The first-order chi connectivity index (χ1) is 13.2. The second-order valence-electron chi connectivity index (χ2n) is 6.77. The summed E-state index contributed by atoms with van der Waals surface area (Å²) >= 11 is 5.58. The van der Waals surface area contributed by atoms with Crippen LogP contribution in [0.4, 0.5) is 0 Å². The average molecular weight is 387 g/mol. The number of hydrogen-bond acceptors (Lipinski definition) is 3. The summed E-state index contributed by atoms with van der Waals surface area (Å²) < 4.78 is 10.4. The second kappa shape index (κ2) is 9.58. The van der Waals surface area contributed by atoms with E-state index in [1.54, 1.807) is 19.1 Å². The number of thiocarbonyl (C=S) groups is 1. The molecule has 1 saturated heterocycles. The van der Waals surface area contributed by atoms with E-state index in [9.17, 15) is 0 Å². The molecule has 5 nitrogen and oxygen atoms in total. The van der Waals surface area contributed by atoms with Crippen LogP contribution in [0.5, 0.6) is 11.5 Å². The van der Waals surface area contributed by atoms with Gasteiger partial charge < -0.3 is 24.6 Å². The molecule has 0 bridgehead atoms. The molecule has 0 radical (unpaired) electrons. The third kappa shape index (κ3) is 5.58. The summed E-state index contributed by atoms with van der Waals surface area (Å²) in [5.74, 6) is 1.78. The van der Waals surface area contributed by atoms with Crippen molar-refractivity contribution in [3.05, 3.63) is 59.7 Å². The van der Waals surface area contributed by atoms with Crippen LogP contribution in [0.25, 0.3) is 0 Å². The van der Waals surface area contributed by atoms with Gasteiger partial charge in [-0.1, -0.05) is 12.1 Å². The first kappa shape index (κ1) is 19.5. The van der Waals surface area contributed by atoms with Gasteiger partial charge in [0.2, 0.25) is 0 Å². The molecule has 0 atom stereocenters. The molecule has 1 aliphatic heterocycles. The maximum atomic E-state index is 5.58. The predicted molar refractivity (Wildman–Crippen MR) is 111 cm³/mol. The van der Waals surface area contributed by atoms with E-state index in [2.05, 4.69) is 34.5 Å². The highest BCUT2D eigenvalue weighted by molar-refractivity contribution is 7.80. The molecule has 6 heteroatoms. The van der Waals surface area contributed by atoms with Gasteiger partial charge in [-0.25, -0.2) is 0 Å². The standard InChI is InChI=1S/C21H27N3O2S/c1-25-19-7-3-17(4-8-19)15-22-21(27)24-13-11-23(12-14-24)16-18-5-9-20(26-2)10-6-18/h3-10H,11-16H2,1-2H3,(H,22,27)/p+1. The van der Waals surface area contributed by atoms with Crippen molar-refractivity contribution in [3.63, 3.8) is 0 Å². The van der Waals surface area contributed by atoms with E-state index >= 15 is 0 Å². The minimum absolute atomic E-state index is 0.738. The molecule has 1 aliphatic rings. The summed E-state index contributed by atoms with van der Waals surface area (Å²) in [6.45, 7) is 5.94. The van der Waals surface area contributed by atoms with Gasteiger partial charge in [0.05, 0.1) is 40.4 Å². The Labute approximate surface area is 166 Å². The van der Waals surface area contributed by atoms with Gasteiger partial charge in [-0.05, 0) is 54.2 Å². The topological polar surface area (TPSA) is 38.2 Å². The number of ether oxygens (including phenoxy) is 2. The van der Waals surface area contributed by atoms with Gasteiger partial charge >= 0.3 is 0 Å². The lowest BCUT2D eigenvalue weighted by Crippen LogP contribution is -3.13. The Balaban J connectivity index is 1.41. The van der Waals surface area contributed by atoms with E-state index in [0.29, 0.717) is 0 Å². The van der Waals surface area contributed by atoms with Crippen LogP contribution in [-0.2, 0) is 13.1 Å². The first-order valence-electron chi connectivity index (χ1n) is 9.30. The van der Waals surface area contributed by atoms with Gasteiger partial charge in [-0.15, -0.1) is 0 Å². The number of piperazine rings is 1.